The standard InChI is InChI=1S/C26H18ClN3OS/c1-16-20(14-24-25(31)30-23-9-5-3-7-21(23)28-26(30)32-24)19-6-2-4-8-22(19)29(16)15-17-10-12-18(27)13-11-17/h2-14H,15H2,1H3. The molecule has 0 aliphatic carbocycles. The number of para-hydroxylation sites is 3. The van der Waals surface area contributed by atoms with Gasteiger partial charge in [0.15, 0.2) is 4.96 Å². The zero-order valence-corrected chi connectivity index (χ0v) is 18.8. The van der Waals surface area contributed by atoms with Crippen molar-refractivity contribution in [3.63, 3.8) is 0 Å². The van der Waals surface area contributed by atoms with E-state index in [4.69, 9.17) is 11.6 Å². The van der Waals surface area contributed by atoms with Crippen LogP contribution in [0.4, 0.5) is 0 Å². The molecule has 6 heteroatoms. The summed E-state index contributed by atoms with van der Waals surface area (Å²) in [6.45, 7) is 2.85. The van der Waals surface area contributed by atoms with Crippen molar-refractivity contribution in [3.05, 3.63) is 110 Å². The predicted molar refractivity (Wildman–Crippen MR) is 133 cm³/mol. The van der Waals surface area contributed by atoms with Crippen molar-refractivity contribution >= 4 is 55.9 Å². The van der Waals surface area contributed by atoms with Gasteiger partial charge >= 0.3 is 0 Å². The van der Waals surface area contributed by atoms with Gasteiger partial charge < -0.3 is 4.57 Å². The summed E-state index contributed by atoms with van der Waals surface area (Å²) in [5.41, 5.74) is 6.19. The molecule has 6 aromatic rings. The first-order valence-electron chi connectivity index (χ1n) is 10.3. The zero-order valence-electron chi connectivity index (χ0n) is 17.2. The third-order valence-corrected chi connectivity index (χ3v) is 7.17. The molecular formula is C26H18ClN3OS. The van der Waals surface area contributed by atoms with Crippen LogP contribution in [0.2, 0.25) is 5.02 Å². The normalized spacial score (nSPS) is 12.5. The van der Waals surface area contributed by atoms with Crippen molar-refractivity contribution in [2.75, 3.05) is 0 Å². The summed E-state index contributed by atoms with van der Waals surface area (Å²) in [7, 11) is 0. The Morgan fingerprint density at radius 1 is 0.969 bits per heavy atom. The van der Waals surface area contributed by atoms with Crippen LogP contribution >= 0.6 is 22.9 Å². The van der Waals surface area contributed by atoms with Crippen LogP contribution in [-0.2, 0) is 6.54 Å². The summed E-state index contributed by atoms with van der Waals surface area (Å²) in [4.78, 5) is 18.6. The van der Waals surface area contributed by atoms with E-state index in [1.54, 1.807) is 4.40 Å². The summed E-state index contributed by atoms with van der Waals surface area (Å²) in [5, 5.41) is 1.87. The molecule has 0 bridgehead atoms. The maximum atomic E-state index is 13.3. The van der Waals surface area contributed by atoms with E-state index in [0.29, 0.717) is 4.53 Å². The lowest BCUT2D eigenvalue weighted by Crippen LogP contribution is -2.22. The number of fused-ring (bicyclic) bond motifs is 4. The number of hydrogen-bond acceptors (Lipinski definition) is 3. The largest absolute Gasteiger partial charge is 0.340 e. The van der Waals surface area contributed by atoms with Gasteiger partial charge in [0.2, 0.25) is 0 Å². The van der Waals surface area contributed by atoms with Crippen molar-refractivity contribution in [2.45, 2.75) is 13.5 Å². The highest BCUT2D eigenvalue weighted by Gasteiger charge is 2.15. The molecule has 3 aromatic heterocycles. The molecule has 6 rings (SSSR count). The highest BCUT2D eigenvalue weighted by molar-refractivity contribution is 7.15. The molecule has 0 fully saturated rings. The van der Waals surface area contributed by atoms with Gasteiger partial charge in [-0.15, -0.1) is 0 Å². The number of rotatable bonds is 3. The smallest absolute Gasteiger partial charge is 0.274 e. The second kappa shape index (κ2) is 7.33. The fourth-order valence-corrected chi connectivity index (χ4v) is 5.45. The average molecular weight is 456 g/mol. The Hall–Kier alpha value is -3.41. The fourth-order valence-electron chi connectivity index (χ4n) is 4.36. The van der Waals surface area contributed by atoms with E-state index in [0.717, 1.165) is 49.7 Å². The van der Waals surface area contributed by atoms with Gasteiger partial charge in [-0.25, -0.2) is 9.38 Å². The molecule has 0 spiro atoms. The van der Waals surface area contributed by atoms with Crippen LogP contribution in [0, 0.1) is 6.92 Å². The summed E-state index contributed by atoms with van der Waals surface area (Å²) in [6.07, 6.45) is 2.02. The Bertz CT molecular complexity index is 1740. The minimum atomic E-state index is -0.0207. The molecule has 3 aromatic carbocycles. The Morgan fingerprint density at radius 3 is 2.50 bits per heavy atom. The van der Waals surface area contributed by atoms with Crippen molar-refractivity contribution in [1.82, 2.24) is 14.0 Å². The third kappa shape index (κ3) is 2.97. The Balaban J connectivity index is 1.56. The molecule has 156 valence electrons. The van der Waals surface area contributed by atoms with Crippen LogP contribution in [0.5, 0.6) is 0 Å². The number of imidazole rings is 1. The van der Waals surface area contributed by atoms with Gasteiger partial charge in [-0.3, -0.25) is 4.79 Å². The van der Waals surface area contributed by atoms with Crippen LogP contribution in [0.3, 0.4) is 0 Å². The van der Waals surface area contributed by atoms with Crippen LogP contribution in [0.25, 0.3) is 33.0 Å². The Labute approximate surface area is 192 Å². The van der Waals surface area contributed by atoms with Crippen LogP contribution in [-0.4, -0.2) is 14.0 Å². The minimum absolute atomic E-state index is 0.0207. The summed E-state index contributed by atoms with van der Waals surface area (Å²) < 4.78 is 4.70. The lowest BCUT2D eigenvalue weighted by Gasteiger charge is -2.09. The first-order valence-corrected chi connectivity index (χ1v) is 11.5. The van der Waals surface area contributed by atoms with Crippen LogP contribution in [0.15, 0.2) is 77.6 Å². The number of benzene rings is 3. The number of nitrogens with zero attached hydrogens (tertiary/aromatic N) is 3. The van der Waals surface area contributed by atoms with E-state index >= 15 is 0 Å². The van der Waals surface area contributed by atoms with Gasteiger partial charge in [0.1, 0.15) is 0 Å². The molecule has 0 aliphatic heterocycles. The first kappa shape index (κ1) is 19.3. The highest BCUT2D eigenvalue weighted by atomic mass is 35.5. The van der Waals surface area contributed by atoms with Gasteiger partial charge in [0.05, 0.1) is 15.6 Å². The van der Waals surface area contributed by atoms with Crippen molar-refractivity contribution in [1.29, 1.82) is 0 Å². The van der Waals surface area contributed by atoms with E-state index in [-0.39, 0.29) is 5.56 Å². The first-order chi connectivity index (χ1) is 15.6. The highest BCUT2D eigenvalue weighted by Crippen LogP contribution is 2.28. The van der Waals surface area contributed by atoms with Gasteiger partial charge in [0.25, 0.3) is 5.56 Å². The molecule has 0 N–H and O–H groups in total. The average Bonchev–Trinajstić information content (AvgIpc) is 3.41. The molecule has 32 heavy (non-hydrogen) atoms. The summed E-state index contributed by atoms with van der Waals surface area (Å²) >= 11 is 7.50. The van der Waals surface area contributed by atoms with Crippen molar-refractivity contribution in [3.8, 4) is 0 Å². The van der Waals surface area contributed by atoms with E-state index in [9.17, 15) is 4.79 Å². The SMILES string of the molecule is Cc1c(C=c2sc3nc4ccccc4n3c2=O)c2ccccc2n1Cc1ccc(Cl)cc1. The molecule has 0 saturated heterocycles. The fraction of sp³-hybridized carbons (Fsp3) is 0.0769. The van der Waals surface area contributed by atoms with Crippen molar-refractivity contribution in [2.24, 2.45) is 0 Å². The maximum absolute atomic E-state index is 13.3. The van der Waals surface area contributed by atoms with Gasteiger partial charge in [-0.1, -0.05) is 65.4 Å². The lowest BCUT2D eigenvalue weighted by molar-refractivity contribution is 0.804. The van der Waals surface area contributed by atoms with Crippen LogP contribution < -0.4 is 10.1 Å². The monoisotopic (exact) mass is 455 g/mol. The topological polar surface area (TPSA) is 39.3 Å². The van der Waals surface area contributed by atoms with E-state index in [1.165, 1.54) is 16.9 Å². The van der Waals surface area contributed by atoms with Crippen molar-refractivity contribution < 1.29 is 0 Å². The number of thiazole rings is 1. The molecule has 0 amide bonds. The molecule has 0 radical (unpaired) electrons. The van der Waals surface area contributed by atoms with E-state index in [2.05, 4.69) is 40.7 Å². The summed E-state index contributed by atoms with van der Waals surface area (Å²) in [6, 6.07) is 24.0. The zero-order chi connectivity index (χ0) is 21.8. The minimum Gasteiger partial charge on any atom is -0.340 e. The molecule has 0 unspecified atom stereocenters. The Morgan fingerprint density at radius 2 is 1.69 bits per heavy atom. The lowest BCUT2D eigenvalue weighted by atomic mass is 10.1. The van der Waals surface area contributed by atoms with Gasteiger partial charge in [0, 0.05) is 33.7 Å². The molecule has 0 saturated carbocycles. The van der Waals surface area contributed by atoms with Gasteiger partial charge in [-0.05, 0) is 48.9 Å². The third-order valence-electron chi connectivity index (χ3n) is 5.95. The number of hydrogen-bond donors (Lipinski definition) is 0. The number of halogens is 1. The second-order valence-corrected chi connectivity index (χ2v) is 9.31. The predicted octanol–water partition coefficient (Wildman–Crippen LogP) is 5.42. The molecule has 3 heterocycles. The molecule has 4 nitrogen and oxygen atoms in total. The molecule has 0 atom stereocenters. The van der Waals surface area contributed by atoms with Crippen LogP contribution in [0.1, 0.15) is 16.8 Å². The quantitative estimate of drug-likeness (QED) is 0.357. The van der Waals surface area contributed by atoms with E-state index in [1.807, 2.05) is 54.6 Å². The molecular weight excluding hydrogens is 438 g/mol. The van der Waals surface area contributed by atoms with Gasteiger partial charge in [-0.2, -0.15) is 0 Å². The Kier molecular flexibility index (Phi) is 4.42. The molecule has 0 aliphatic rings. The summed E-state index contributed by atoms with van der Waals surface area (Å²) in [5.74, 6) is 0. The second-order valence-electron chi connectivity index (χ2n) is 7.86. The number of aromatic nitrogens is 3. The maximum Gasteiger partial charge on any atom is 0.274 e. The van der Waals surface area contributed by atoms with E-state index < -0.39 is 0 Å².